The molecule has 3 aromatic carbocycles. The minimum absolute atomic E-state index is 0.0421. The van der Waals surface area contributed by atoms with Crippen LogP contribution in [-0.4, -0.2) is 60.9 Å². The highest BCUT2D eigenvalue weighted by Crippen LogP contribution is 2.31. The standard InChI is InChI=1S/C28H27FN4O7S/c29-21-7-5-19(6-8-21)18-40-28(34)26(15-20-17-30-24-4-2-1-3-23(20)24)31-25-10-9-22(16-27(25)33(35)36)41(37,38)32-11-13-39-14-12-32/h1-10,16-17,26,30-31H,11-15,18H2/t26-/m0/s1. The number of nitro benzene ring substituents is 1. The summed E-state index contributed by atoms with van der Waals surface area (Å²) in [5.74, 6) is -1.12. The normalized spacial score (nSPS) is 15.0. The number of nitrogens with one attached hydrogen (secondary N) is 2. The van der Waals surface area contributed by atoms with Crippen LogP contribution >= 0.6 is 0 Å². The van der Waals surface area contributed by atoms with Gasteiger partial charge in [-0.2, -0.15) is 4.31 Å². The Morgan fingerprint density at radius 1 is 1.12 bits per heavy atom. The Bertz CT molecular complexity index is 1670. The van der Waals surface area contributed by atoms with Gasteiger partial charge in [-0.05, 0) is 41.5 Å². The Morgan fingerprint density at radius 2 is 1.85 bits per heavy atom. The van der Waals surface area contributed by atoms with Gasteiger partial charge in [0.15, 0.2) is 0 Å². The number of nitro groups is 1. The molecule has 1 aliphatic rings. The number of rotatable bonds is 10. The monoisotopic (exact) mass is 582 g/mol. The van der Waals surface area contributed by atoms with Gasteiger partial charge in [-0.15, -0.1) is 0 Å². The molecule has 13 heteroatoms. The fraction of sp³-hybridized carbons (Fsp3) is 0.250. The fourth-order valence-electron chi connectivity index (χ4n) is 4.62. The zero-order valence-electron chi connectivity index (χ0n) is 21.8. The molecule has 41 heavy (non-hydrogen) atoms. The van der Waals surface area contributed by atoms with Gasteiger partial charge in [-0.1, -0.05) is 30.3 Å². The quantitative estimate of drug-likeness (QED) is 0.162. The van der Waals surface area contributed by atoms with Crippen molar-refractivity contribution in [1.29, 1.82) is 0 Å². The summed E-state index contributed by atoms with van der Waals surface area (Å²) in [4.78, 5) is 27.6. The van der Waals surface area contributed by atoms with Crippen molar-refractivity contribution in [3.8, 4) is 0 Å². The van der Waals surface area contributed by atoms with Gasteiger partial charge in [-0.3, -0.25) is 10.1 Å². The number of sulfonamides is 1. The summed E-state index contributed by atoms with van der Waals surface area (Å²) in [5, 5.41) is 15.8. The number of morpholine rings is 1. The van der Waals surface area contributed by atoms with Crippen molar-refractivity contribution in [3.05, 3.63) is 100.0 Å². The van der Waals surface area contributed by atoms with Crippen molar-refractivity contribution in [2.24, 2.45) is 0 Å². The number of halogens is 1. The maximum Gasteiger partial charge on any atom is 0.329 e. The molecule has 2 N–H and O–H groups in total. The molecule has 1 fully saturated rings. The van der Waals surface area contributed by atoms with Crippen LogP contribution in [0.2, 0.25) is 0 Å². The first-order valence-corrected chi connectivity index (χ1v) is 14.3. The van der Waals surface area contributed by atoms with E-state index < -0.39 is 38.5 Å². The van der Waals surface area contributed by atoms with Crippen LogP contribution < -0.4 is 5.32 Å². The number of H-pyrrole nitrogens is 1. The topological polar surface area (TPSA) is 144 Å². The van der Waals surface area contributed by atoms with Crippen molar-refractivity contribution in [2.75, 3.05) is 31.6 Å². The molecule has 4 aromatic rings. The summed E-state index contributed by atoms with van der Waals surface area (Å²) in [6, 6.07) is 15.4. The molecule has 0 amide bonds. The summed E-state index contributed by atoms with van der Waals surface area (Å²) in [6.07, 6.45) is 1.86. The van der Waals surface area contributed by atoms with Gasteiger partial charge in [-0.25, -0.2) is 17.6 Å². The van der Waals surface area contributed by atoms with Gasteiger partial charge in [0.1, 0.15) is 24.2 Å². The lowest BCUT2D eigenvalue weighted by atomic mass is 10.0. The second-order valence-electron chi connectivity index (χ2n) is 9.45. The lowest BCUT2D eigenvalue weighted by molar-refractivity contribution is -0.384. The first-order chi connectivity index (χ1) is 19.7. The number of hydrogen-bond donors (Lipinski definition) is 2. The Balaban J connectivity index is 1.44. The minimum atomic E-state index is -3.99. The zero-order valence-corrected chi connectivity index (χ0v) is 22.6. The van der Waals surface area contributed by atoms with Gasteiger partial charge in [0.25, 0.3) is 5.69 Å². The van der Waals surface area contributed by atoms with Gasteiger partial charge in [0.05, 0.1) is 23.0 Å². The van der Waals surface area contributed by atoms with E-state index in [1.54, 1.807) is 6.20 Å². The van der Waals surface area contributed by atoms with E-state index in [0.29, 0.717) is 5.56 Å². The summed E-state index contributed by atoms with van der Waals surface area (Å²) in [6.45, 7) is 0.614. The molecule has 0 radical (unpaired) electrons. The lowest BCUT2D eigenvalue weighted by Gasteiger charge is -2.26. The van der Waals surface area contributed by atoms with Crippen molar-refractivity contribution in [2.45, 2.75) is 24.0 Å². The van der Waals surface area contributed by atoms with E-state index in [0.717, 1.165) is 22.5 Å². The number of carbonyl (C=O) groups is 1. The third-order valence-corrected chi connectivity index (χ3v) is 8.68. The van der Waals surface area contributed by atoms with Crippen LogP contribution in [0.25, 0.3) is 10.9 Å². The molecular formula is C28H27FN4O7S. The van der Waals surface area contributed by atoms with E-state index in [4.69, 9.17) is 9.47 Å². The second-order valence-corrected chi connectivity index (χ2v) is 11.4. The van der Waals surface area contributed by atoms with Crippen LogP contribution in [-0.2, 0) is 37.3 Å². The zero-order chi connectivity index (χ0) is 29.0. The molecule has 1 saturated heterocycles. The second kappa shape index (κ2) is 12.0. The number of aromatic amines is 1. The van der Waals surface area contributed by atoms with Crippen molar-refractivity contribution >= 4 is 38.3 Å². The number of hydrogen-bond acceptors (Lipinski definition) is 8. The molecular weight excluding hydrogens is 555 g/mol. The largest absolute Gasteiger partial charge is 0.459 e. The van der Waals surface area contributed by atoms with E-state index in [1.807, 2.05) is 24.3 Å². The molecule has 1 aromatic heterocycles. The molecule has 0 spiro atoms. The predicted octanol–water partition coefficient (Wildman–Crippen LogP) is 4.00. The molecule has 5 rings (SSSR count). The van der Waals surface area contributed by atoms with Crippen molar-refractivity contribution in [3.63, 3.8) is 0 Å². The van der Waals surface area contributed by atoms with E-state index >= 15 is 0 Å². The first kappa shape index (κ1) is 28.2. The summed E-state index contributed by atoms with van der Waals surface area (Å²) in [7, 11) is -3.99. The van der Waals surface area contributed by atoms with E-state index in [1.165, 1.54) is 40.7 Å². The third kappa shape index (κ3) is 6.37. The van der Waals surface area contributed by atoms with Gasteiger partial charge in [0.2, 0.25) is 10.0 Å². The number of para-hydroxylation sites is 1. The summed E-state index contributed by atoms with van der Waals surface area (Å²) < 4.78 is 51.4. The maximum atomic E-state index is 13.3. The smallest absolute Gasteiger partial charge is 0.329 e. The van der Waals surface area contributed by atoms with Gasteiger partial charge < -0.3 is 19.8 Å². The predicted molar refractivity (Wildman–Crippen MR) is 148 cm³/mol. The Kier molecular flexibility index (Phi) is 8.28. The Hall–Kier alpha value is -4.33. The average molecular weight is 583 g/mol. The Morgan fingerprint density at radius 3 is 2.59 bits per heavy atom. The highest BCUT2D eigenvalue weighted by atomic mass is 32.2. The lowest BCUT2D eigenvalue weighted by Crippen LogP contribution is -2.40. The molecule has 1 aliphatic heterocycles. The number of nitrogens with zero attached hydrogens (tertiary/aromatic N) is 2. The third-order valence-electron chi connectivity index (χ3n) is 6.78. The summed E-state index contributed by atoms with van der Waals surface area (Å²) in [5.41, 5.74) is 1.64. The van der Waals surface area contributed by atoms with E-state index in [9.17, 15) is 27.7 Å². The number of fused-ring (bicyclic) bond motifs is 1. The molecule has 11 nitrogen and oxygen atoms in total. The molecule has 0 unspecified atom stereocenters. The van der Waals surface area contributed by atoms with Gasteiger partial charge in [0, 0.05) is 42.7 Å². The van der Waals surface area contributed by atoms with Crippen LogP contribution in [0.4, 0.5) is 15.8 Å². The van der Waals surface area contributed by atoms with E-state index in [-0.39, 0.29) is 49.9 Å². The van der Waals surface area contributed by atoms with Gasteiger partial charge >= 0.3 is 5.97 Å². The van der Waals surface area contributed by atoms with E-state index in [2.05, 4.69) is 10.3 Å². The SMILES string of the molecule is O=C(OCc1ccc(F)cc1)[C@H](Cc1c[nH]c2ccccc12)Nc1ccc(S(=O)(=O)N2CCOCC2)cc1[N+](=O)[O-]. The molecule has 1 atom stereocenters. The van der Waals surface area contributed by atoms with Crippen LogP contribution in [0.1, 0.15) is 11.1 Å². The molecule has 214 valence electrons. The number of ether oxygens (including phenoxy) is 2. The molecule has 0 bridgehead atoms. The van der Waals surface area contributed by atoms with Crippen LogP contribution in [0, 0.1) is 15.9 Å². The number of aromatic nitrogens is 1. The maximum absolute atomic E-state index is 13.3. The molecule has 0 saturated carbocycles. The van der Waals surface area contributed by atoms with Crippen LogP contribution in [0.5, 0.6) is 0 Å². The first-order valence-electron chi connectivity index (χ1n) is 12.8. The highest BCUT2D eigenvalue weighted by Gasteiger charge is 2.31. The number of carbonyl (C=O) groups excluding carboxylic acids is 1. The van der Waals surface area contributed by atoms with Crippen LogP contribution in [0.15, 0.2) is 77.8 Å². The average Bonchev–Trinajstić information content (AvgIpc) is 3.39. The molecule has 0 aliphatic carbocycles. The van der Waals surface area contributed by atoms with Crippen molar-refractivity contribution in [1.82, 2.24) is 9.29 Å². The number of benzene rings is 3. The van der Waals surface area contributed by atoms with Crippen molar-refractivity contribution < 1.29 is 32.0 Å². The van der Waals surface area contributed by atoms with Crippen LogP contribution in [0.3, 0.4) is 0 Å². The highest BCUT2D eigenvalue weighted by molar-refractivity contribution is 7.89. The number of anilines is 1. The Labute approximate surface area is 235 Å². The summed E-state index contributed by atoms with van der Waals surface area (Å²) >= 11 is 0. The minimum Gasteiger partial charge on any atom is -0.459 e. The fourth-order valence-corrected chi connectivity index (χ4v) is 6.05. The number of esters is 1. The molecule has 2 heterocycles.